The van der Waals surface area contributed by atoms with E-state index >= 15 is 0 Å². The highest BCUT2D eigenvalue weighted by molar-refractivity contribution is 5.99. The number of ether oxygens (including phenoxy) is 1. The highest BCUT2D eigenvalue weighted by Gasteiger charge is 2.31. The van der Waals surface area contributed by atoms with E-state index in [0.717, 1.165) is 36.1 Å². The van der Waals surface area contributed by atoms with Crippen molar-refractivity contribution in [3.05, 3.63) is 59.9 Å². The summed E-state index contributed by atoms with van der Waals surface area (Å²) in [4.78, 5) is 31.0. The van der Waals surface area contributed by atoms with E-state index < -0.39 is 0 Å². The molecule has 31 heavy (non-hydrogen) atoms. The highest BCUT2D eigenvalue weighted by Crippen LogP contribution is 2.32. The third-order valence-corrected chi connectivity index (χ3v) is 5.74. The number of H-pyrrole nitrogens is 1. The van der Waals surface area contributed by atoms with E-state index in [9.17, 15) is 9.59 Å². The predicted octanol–water partition coefficient (Wildman–Crippen LogP) is 3.10. The van der Waals surface area contributed by atoms with Gasteiger partial charge in [0.2, 0.25) is 5.91 Å². The summed E-state index contributed by atoms with van der Waals surface area (Å²) in [5.74, 6) is 1.84. The molecule has 158 valence electrons. The molecule has 2 amide bonds. The van der Waals surface area contributed by atoms with Crippen LogP contribution >= 0.6 is 0 Å². The molecule has 1 saturated heterocycles. The fraction of sp³-hybridized carbons (Fsp3) is 0.304. The summed E-state index contributed by atoms with van der Waals surface area (Å²) in [6.07, 6.45) is 3.21. The highest BCUT2D eigenvalue weighted by atomic mass is 16.5. The second-order valence-corrected chi connectivity index (χ2v) is 7.84. The summed E-state index contributed by atoms with van der Waals surface area (Å²) in [6.45, 7) is 0.661. The molecule has 1 aromatic heterocycles. The summed E-state index contributed by atoms with van der Waals surface area (Å²) >= 11 is 0. The molecule has 0 bridgehead atoms. The topological polar surface area (TPSA) is 100 Å². The molecule has 3 heterocycles. The van der Waals surface area contributed by atoms with E-state index in [1.54, 1.807) is 0 Å². The number of carbonyl (C=O) groups is 2. The predicted molar refractivity (Wildman–Crippen MR) is 114 cm³/mol. The van der Waals surface area contributed by atoms with Crippen molar-refractivity contribution in [3.8, 4) is 17.1 Å². The first kappa shape index (κ1) is 19.3. The van der Waals surface area contributed by atoms with Crippen molar-refractivity contribution in [2.75, 3.05) is 18.5 Å². The van der Waals surface area contributed by atoms with Gasteiger partial charge in [-0.25, -0.2) is 4.98 Å². The van der Waals surface area contributed by atoms with Gasteiger partial charge in [-0.3, -0.25) is 14.7 Å². The fourth-order valence-electron chi connectivity index (χ4n) is 4.16. The molecule has 0 spiro atoms. The minimum absolute atomic E-state index is 0.00286. The Kier molecular flexibility index (Phi) is 5.11. The molecular weight excluding hydrogens is 394 g/mol. The van der Waals surface area contributed by atoms with Crippen LogP contribution in [0.25, 0.3) is 11.4 Å². The molecule has 0 radical (unpaired) electrons. The number of benzene rings is 2. The summed E-state index contributed by atoms with van der Waals surface area (Å²) in [7, 11) is 0. The van der Waals surface area contributed by atoms with Gasteiger partial charge < -0.3 is 15.0 Å². The third kappa shape index (κ3) is 4.01. The van der Waals surface area contributed by atoms with Crippen LogP contribution in [0.2, 0.25) is 0 Å². The number of hydrogen-bond acceptors (Lipinski definition) is 5. The quantitative estimate of drug-likeness (QED) is 0.664. The third-order valence-electron chi connectivity index (χ3n) is 5.74. The van der Waals surface area contributed by atoms with Crippen LogP contribution in [0.3, 0.4) is 0 Å². The summed E-state index contributed by atoms with van der Waals surface area (Å²) in [5, 5.41) is 10.3. The van der Waals surface area contributed by atoms with Crippen LogP contribution in [0.5, 0.6) is 5.75 Å². The fourth-order valence-corrected chi connectivity index (χ4v) is 4.16. The van der Waals surface area contributed by atoms with E-state index in [2.05, 4.69) is 20.5 Å². The SMILES string of the molecule is O=C1Cc2ccc(-c3n[nH]c(C4CCCCN4C(=O)COc4ccccc4)n3)cc2N1. The maximum atomic E-state index is 12.9. The second kappa shape index (κ2) is 8.22. The van der Waals surface area contributed by atoms with Gasteiger partial charge in [-0.05, 0) is 43.0 Å². The van der Waals surface area contributed by atoms with Crippen LogP contribution in [-0.4, -0.2) is 45.0 Å². The van der Waals surface area contributed by atoms with Crippen molar-refractivity contribution in [1.82, 2.24) is 20.1 Å². The monoisotopic (exact) mass is 417 g/mol. The van der Waals surface area contributed by atoms with Crippen LogP contribution in [-0.2, 0) is 16.0 Å². The van der Waals surface area contributed by atoms with E-state index in [0.29, 0.717) is 30.4 Å². The summed E-state index contributed by atoms with van der Waals surface area (Å²) < 4.78 is 5.66. The minimum Gasteiger partial charge on any atom is -0.484 e. The lowest BCUT2D eigenvalue weighted by Gasteiger charge is -2.34. The zero-order valence-corrected chi connectivity index (χ0v) is 17.0. The maximum Gasteiger partial charge on any atom is 0.261 e. The average Bonchev–Trinajstić information content (AvgIpc) is 3.43. The Balaban J connectivity index is 1.32. The number of likely N-dealkylation sites (tertiary alicyclic amines) is 1. The Morgan fingerprint density at radius 2 is 2.03 bits per heavy atom. The molecule has 8 nitrogen and oxygen atoms in total. The van der Waals surface area contributed by atoms with Gasteiger partial charge in [0.25, 0.3) is 5.91 Å². The Bertz CT molecular complexity index is 1110. The smallest absolute Gasteiger partial charge is 0.261 e. The van der Waals surface area contributed by atoms with Crippen molar-refractivity contribution in [2.24, 2.45) is 0 Å². The Hall–Kier alpha value is -3.68. The molecule has 2 aromatic carbocycles. The van der Waals surface area contributed by atoms with Crippen molar-refractivity contribution >= 4 is 17.5 Å². The van der Waals surface area contributed by atoms with Gasteiger partial charge in [-0.15, -0.1) is 0 Å². The average molecular weight is 417 g/mol. The van der Waals surface area contributed by atoms with Crippen LogP contribution in [0.15, 0.2) is 48.5 Å². The number of para-hydroxylation sites is 1. The molecule has 8 heteroatoms. The number of rotatable bonds is 5. The lowest BCUT2D eigenvalue weighted by Crippen LogP contribution is -2.41. The van der Waals surface area contributed by atoms with Crippen LogP contribution in [0, 0.1) is 0 Å². The van der Waals surface area contributed by atoms with Crippen molar-refractivity contribution < 1.29 is 14.3 Å². The van der Waals surface area contributed by atoms with Crippen molar-refractivity contribution in [1.29, 1.82) is 0 Å². The van der Waals surface area contributed by atoms with E-state index in [4.69, 9.17) is 4.74 Å². The van der Waals surface area contributed by atoms with Gasteiger partial charge in [0.15, 0.2) is 12.4 Å². The Labute approximate surface area is 179 Å². The lowest BCUT2D eigenvalue weighted by atomic mass is 10.0. The number of nitrogens with one attached hydrogen (secondary N) is 2. The summed E-state index contributed by atoms with van der Waals surface area (Å²) in [5.41, 5.74) is 2.61. The van der Waals surface area contributed by atoms with Crippen LogP contribution < -0.4 is 10.1 Å². The lowest BCUT2D eigenvalue weighted by molar-refractivity contribution is -0.137. The van der Waals surface area contributed by atoms with Crippen LogP contribution in [0.4, 0.5) is 5.69 Å². The number of fused-ring (bicyclic) bond motifs is 1. The van der Waals surface area contributed by atoms with Gasteiger partial charge in [0, 0.05) is 17.8 Å². The molecule has 1 fully saturated rings. The molecule has 0 saturated carbocycles. The molecule has 2 aliphatic rings. The Morgan fingerprint density at radius 3 is 2.90 bits per heavy atom. The molecule has 1 atom stereocenters. The minimum atomic E-state index is -0.156. The van der Waals surface area contributed by atoms with Crippen molar-refractivity contribution in [3.63, 3.8) is 0 Å². The number of anilines is 1. The molecule has 2 aliphatic heterocycles. The number of carbonyl (C=O) groups excluding carboxylic acids is 2. The van der Waals surface area contributed by atoms with Gasteiger partial charge in [-0.2, -0.15) is 5.10 Å². The first-order chi connectivity index (χ1) is 15.2. The molecular formula is C23H23N5O3. The Morgan fingerprint density at radius 1 is 1.16 bits per heavy atom. The molecule has 1 unspecified atom stereocenters. The molecule has 0 aliphatic carbocycles. The van der Waals surface area contributed by atoms with E-state index in [1.807, 2.05) is 53.4 Å². The number of piperidine rings is 1. The van der Waals surface area contributed by atoms with Crippen molar-refractivity contribution in [2.45, 2.75) is 31.7 Å². The second-order valence-electron chi connectivity index (χ2n) is 7.84. The van der Waals surface area contributed by atoms with Gasteiger partial charge in [0.1, 0.15) is 11.6 Å². The number of amides is 2. The first-order valence-corrected chi connectivity index (χ1v) is 10.5. The zero-order chi connectivity index (χ0) is 21.2. The number of aromatic nitrogens is 3. The van der Waals surface area contributed by atoms with Gasteiger partial charge in [-0.1, -0.05) is 30.3 Å². The molecule has 5 rings (SSSR count). The molecule has 3 aromatic rings. The number of hydrogen-bond donors (Lipinski definition) is 2. The largest absolute Gasteiger partial charge is 0.484 e. The number of nitrogens with zero attached hydrogens (tertiary/aromatic N) is 3. The van der Waals surface area contributed by atoms with E-state index in [1.165, 1.54) is 0 Å². The molecule has 2 N–H and O–H groups in total. The number of aromatic amines is 1. The standard InChI is InChI=1S/C23H23N5O3/c29-20-13-15-9-10-16(12-18(15)24-20)22-25-23(27-26-22)19-8-4-5-11-28(19)21(30)14-31-17-6-2-1-3-7-17/h1-3,6-7,9-10,12,19H,4-5,8,11,13-14H2,(H,24,29)(H,25,26,27). The maximum absolute atomic E-state index is 12.9. The first-order valence-electron chi connectivity index (χ1n) is 10.5. The van der Waals surface area contributed by atoms with Crippen LogP contribution in [0.1, 0.15) is 36.7 Å². The normalized spacial score (nSPS) is 17.9. The zero-order valence-electron chi connectivity index (χ0n) is 17.0. The summed E-state index contributed by atoms with van der Waals surface area (Å²) in [6, 6.07) is 14.9. The van der Waals surface area contributed by atoms with E-state index in [-0.39, 0.29) is 24.5 Å². The van der Waals surface area contributed by atoms with Gasteiger partial charge in [0.05, 0.1) is 12.5 Å². The van der Waals surface area contributed by atoms with Gasteiger partial charge >= 0.3 is 0 Å².